The van der Waals surface area contributed by atoms with Gasteiger partial charge in [-0.05, 0) is 81.6 Å². The summed E-state index contributed by atoms with van der Waals surface area (Å²) >= 11 is 6.77. The third-order valence-electron chi connectivity index (χ3n) is 7.83. The summed E-state index contributed by atoms with van der Waals surface area (Å²) in [5.74, 6) is 1.45. The number of anilines is 1. The van der Waals surface area contributed by atoms with Crippen LogP contribution in [0.3, 0.4) is 0 Å². The minimum Gasteiger partial charge on any atom is -0.508 e. The molecule has 4 rings (SSSR count). The molecule has 7 heteroatoms. The standard InChI is InChI=1S/C32H42ClFN4O/c1-4-5-7-26-22-38(32-30(33)16-24(20-36-32)19-35-18-23(2)3)13-6-8-29(26)25-11-14-37(15-12-25)21-27-9-10-28(39)17-31(27)34/h4,8-10,16-17,20,25-26,35,39H,1-2,5-7,11-15,18-19,21-22H2,3H3/t26-/m0/s1. The zero-order chi connectivity index (χ0) is 27.8. The molecular formula is C32H42ClFN4O. The summed E-state index contributed by atoms with van der Waals surface area (Å²) in [6, 6.07) is 6.48. The smallest absolute Gasteiger partial charge is 0.147 e. The second kappa shape index (κ2) is 14.1. The zero-order valence-electron chi connectivity index (χ0n) is 23.1. The Morgan fingerprint density at radius 3 is 2.74 bits per heavy atom. The lowest BCUT2D eigenvalue weighted by Crippen LogP contribution is -2.36. The maximum atomic E-state index is 14.3. The summed E-state index contributed by atoms with van der Waals surface area (Å²) in [6.07, 6.45) is 11.6. The van der Waals surface area contributed by atoms with Crippen molar-refractivity contribution in [3.05, 3.63) is 88.9 Å². The average molecular weight is 553 g/mol. The topological polar surface area (TPSA) is 51.6 Å². The molecule has 0 radical (unpaired) electrons. The van der Waals surface area contributed by atoms with Gasteiger partial charge in [0.15, 0.2) is 0 Å². The fourth-order valence-electron chi connectivity index (χ4n) is 5.84. The van der Waals surface area contributed by atoms with Crippen molar-refractivity contribution in [2.45, 2.75) is 52.1 Å². The van der Waals surface area contributed by atoms with Crippen molar-refractivity contribution in [2.75, 3.05) is 37.6 Å². The van der Waals surface area contributed by atoms with Gasteiger partial charge >= 0.3 is 0 Å². The van der Waals surface area contributed by atoms with Gasteiger partial charge < -0.3 is 15.3 Å². The summed E-state index contributed by atoms with van der Waals surface area (Å²) in [6.45, 7) is 15.7. The highest BCUT2D eigenvalue weighted by Gasteiger charge is 2.30. The van der Waals surface area contributed by atoms with E-state index in [1.165, 1.54) is 6.07 Å². The van der Waals surface area contributed by atoms with Crippen molar-refractivity contribution in [1.82, 2.24) is 15.2 Å². The summed E-state index contributed by atoms with van der Waals surface area (Å²) in [7, 11) is 0. The number of rotatable bonds is 11. The van der Waals surface area contributed by atoms with Gasteiger partial charge in [-0.25, -0.2) is 9.37 Å². The van der Waals surface area contributed by atoms with Crippen LogP contribution < -0.4 is 10.2 Å². The van der Waals surface area contributed by atoms with Gasteiger partial charge in [0.25, 0.3) is 0 Å². The average Bonchev–Trinajstić information content (AvgIpc) is 3.12. The maximum absolute atomic E-state index is 14.3. The quantitative estimate of drug-likeness (QED) is 0.298. The highest BCUT2D eigenvalue weighted by Crippen LogP contribution is 2.37. The number of phenolic OH excluding ortho intramolecular Hbond substituents is 1. The lowest BCUT2D eigenvalue weighted by molar-refractivity contribution is 0.184. The van der Waals surface area contributed by atoms with Crippen LogP contribution in [0, 0.1) is 17.7 Å². The second-order valence-electron chi connectivity index (χ2n) is 11.0. The van der Waals surface area contributed by atoms with Crippen LogP contribution >= 0.6 is 11.6 Å². The van der Waals surface area contributed by atoms with Gasteiger partial charge in [0, 0.05) is 50.6 Å². The number of benzene rings is 1. The molecule has 0 spiro atoms. The number of nitrogens with one attached hydrogen (secondary N) is 1. The number of pyridine rings is 1. The molecule has 2 aliphatic heterocycles. The van der Waals surface area contributed by atoms with E-state index in [-0.39, 0.29) is 11.6 Å². The molecule has 3 heterocycles. The highest BCUT2D eigenvalue weighted by molar-refractivity contribution is 6.33. The van der Waals surface area contributed by atoms with Crippen LogP contribution in [0.2, 0.25) is 5.02 Å². The largest absolute Gasteiger partial charge is 0.508 e. The minimum atomic E-state index is -0.336. The van der Waals surface area contributed by atoms with E-state index < -0.39 is 0 Å². The molecule has 1 atom stereocenters. The van der Waals surface area contributed by atoms with E-state index in [9.17, 15) is 9.50 Å². The lowest BCUT2D eigenvalue weighted by atomic mass is 9.79. The number of allylic oxidation sites excluding steroid dienone is 1. The van der Waals surface area contributed by atoms with E-state index in [0.717, 1.165) is 81.8 Å². The number of halogens is 2. The summed E-state index contributed by atoms with van der Waals surface area (Å²) < 4.78 is 14.3. The van der Waals surface area contributed by atoms with Crippen molar-refractivity contribution in [2.24, 2.45) is 11.8 Å². The highest BCUT2D eigenvalue weighted by atomic mass is 35.5. The van der Waals surface area contributed by atoms with Crippen molar-refractivity contribution < 1.29 is 9.50 Å². The molecule has 1 fully saturated rings. The van der Waals surface area contributed by atoms with Crippen LogP contribution in [0.4, 0.5) is 10.2 Å². The van der Waals surface area contributed by atoms with Gasteiger partial charge in [-0.15, -0.1) is 6.58 Å². The van der Waals surface area contributed by atoms with Crippen molar-refractivity contribution >= 4 is 17.4 Å². The SMILES string of the molecule is C=CCC[C@H]1CN(c2ncc(CNCC(=C)C)cc2Cl)CCC=C1C1CCN(Cc2ccc(O)cc2F)CC1. The Bertz CT molecular complexity index is 1170. The van der Waals surface area contributed by atoms with Crippen LogP contribution in [0.1, 0.15) is 50.2 Å². The summed E-state index contributed by atoms with van der Waals surface area (Å²) in [5, 5.41) is 13.6. The van der Waals surface area contributed by atoms with Crippen LogP contribution in [-0.2, 0) is 13.1 Å². The first-order valence-corrected chi connectivity index (χ1v) is 14.5. The minimum absolute atomic E-state index is 0.0297. The number of aromatic hydroxyl groups is 1. The Morgan fingerprint density at radius 1 is 1.26 bits per heavy atom. The summed E-state index contributed by atoms with van der Waals surface area (Å²) in [4.78, 5) is 9.47. The first-order chi connectivity index (χ1) is 18.8. The molecule has 0 unspecified atom stereocenters. The first kappa shape index (κ1) is 29.3. The van der Waals surface area contributed by atoms with E-state index in [2.05, 4.69) is 34.4 Å². The van der Waals surface area contributed by atoms with E-state index in [0.29, 0.717) is 35.5 Å². The van der Waals surface area contributed by atoms with Crippen molar-refractivity contribution in [1.29, 1.82) is 0 Å². The molecule has 1 aromatic carbocycles. The van der Waals surface area contributed by atoms with Crippen molar-refractivity contribution in [3.8, 4) is 5.75 Å². The molecule has 0 amide bonds. The third kappa shape index (κ3) is 8.17. The van der Waals surface area contributed by atoms with Gasteiger partial charge in [0.1, 0.15) is 17.4 Å². The number of hydrogen-bond acceptors (Lipinski definition) is 5. The number of piperidine rings is 1. The van der Waals surface area contributed by atoms with Crippen LogP contribution in [0.15, 0.2) is 66.9 Å². The van der Waals surface area contributed by atoms with E-state index >= 15 is 0 Å². The molecule has 5 nitrogen and oxygen atoms in total. The van der Waals surface area contributed by atoms with E-state index in [1.54, 1.807) is 17.7 Å². The number of hydrogen-bond donors (Lipinski definition) is 2. The third-order valence-corrected chi connectivity index (χ3v) is 8.11. The molecule has 2 N–H and O–H groups in total. The van der Waals surface area contributed by atoms with Gasteiger partial charge in [-0.3, -0.25) is 4.90 Å². The second-order valence-corrected chi connectivity index (χ2v) is 11.4. The number of phenols is 1. The Balaban J connectivity index is 1.39. The molecule has 210 valence electrons. The number of likely N-dealkylation sites (tertiary alicyclic amines) is 1. The Hall–Kier alpha value is -2.67. The molecule has 0 aliphatic carbocycles. The van der Waals surface area contributed by atoms with Crippen LogP contribution in [0.25, 0.3) is 0 Å². The molecule has 1 aromatic heterocycles. The fraction of sp³-hybridized carbons (Fsp3) is 0.469. The fourth-order valence-corrected chi connectivity index (χ4v) is 6.14. The monoisotopic (exact) mass is 552 g/mol. The van der Waals surface area contributed by atoms with Crippen LogP contribution in [-0.4, -0.2) is 47.7 Å². The molecule has 0 saturated carbocycles. The van der Waals surface area contributed by atoms with Gasteiger partial charge in [0.2, 0.25) is 0 Å². The zero-order valence-corrected chi connectivity index (χ0v) is 23.9. The molecule has 0 bridgehead atoms. The normalized spacial score (nSPS) is 19.0. The molecule has 39 heavy (non-hydrogen) atoms. The molecule has 2 aliphatic rings. The van der Waals surface area contributed by atoms with Gasteiger partial charge in [-0.2, -0.15) is 0 Å². The first-order valence-electron chi connectivity index (χ1n) is 14.1. The predicted octanol–water partition coefficient (Wildman–Crippen LogP) is 6.88. The lowest BCUT2D eigenvalue weighted by Gasteiger charge is -2.36. The van der Waals surface area contributed by atoms with E-state index in [4.69, 9.17) is 16.6 Å². The van der Waals surface area contributed by atoms with E-state index in [1.807, 2.05) is 25.3 Å². The molecule has 1 saturated heterocycles. The van der Waals surface area contributed by atoms with Gasteiger partial charge in [0.05, 0.1) is 5.02 Å². The Labute approximate surface area is 238 Å². The molecular weight excluding hydrogens is 511 g/mol. The summed E-state index contributed by atoms with van der Waals surface area (Å²) in [5.41, 5.74) is 4.37. The van der Waals surface area contributed by atoms with Crippen molar-refractivity contribution in [3.63, 3.8) is 0 Å². The number of nitrogens with zero attached hydrogens (tertiary/aromatic N) is 3. The van der Waals surface area contributed by atoms with Gasteiger partial charge in [-0.1, -0.05) is 47.5 Å². The predicted molar refractivity (Wildman–Crippen MR) is 160 cm³/mol. The maximum Gasteiger partial charge on any atom is 0.147 e. The van der Waals surface area contributed by atoms with Crippen LogP contribution in [0.5, 0.6) is 5.75 Å². The Morgan fingerprint density at radius 2 is 2.05 bits per heavy atom. The molecule has 2 aromatic rings. The number of aromatic nitrogens is 1. The Kier molecular flexibility index (Phi) is 10.6.